The molecule has 0 N–H and O–H groups in total. The van der Waals surface area contributed by atoms with Crippen LogP contribution in [0, 0.1) is 4.91 Å². The van der Waals surface area contributed by atoms with Crippen LogP contribution in [0.3, 0.4) is 0 Å². The molecule has 3 heteroatoms. The minimum absolute atomic E-state index is 0.139. The second-order valence-electron chi connectivity index (χ2n) is 2.61. The average molecular weight is 144 g/mol. The average Bonchev–Trinajstić information content (AvgIpc) is 2.31. The van der Waals surface area contributed by atoms with E-state index in [-0.39, 0.29) is 6.23 Å². The van der Waals surface area contributed by atoms with Crippen molar-refractivity contribution in [3.8, 4) is 0 Å². The van der Waals surface area contributed by atoms with Gasteiger partial charge in [0.15, 0.2) is 6.54 Å². The third kappa shape index (κ3) is 1.77. The van der Waals surface area contributed by atoms with Crippen LogP contribution in [0.5, 0.6) is 0 Å². The topological polar surface area (TPSA) is 29.3 Å². The van der Waals surface area contributed by atoms with Gasteiger partial charge >= 0.3 is 6.23 Å². The van der Waals surface area contributed by atoms with Crippen molar-refractivity contribution in [2.24, 2.45) is 0 Å². The van der Waals surface area contributed by atoms with E-state index in [9.17, 15) is 4.91 Å². The highest BCUT2D eigenvalue weighted by atomic mass is 16.5. The Bertz CT molecular complexity index is 125. The van der Waals surface area contributed by atoms with E-state index < -0.39 is 0 Å². The Labute approximate surface area is 60.9 Å². The molecule has 1 aliphatic heterocycles. The standard InChI is InChI=1S/C7H14NO2/c1-2-6-10-7-4-3-5-8(7)9/h7H,2-6H2,1H3/q+1. The highest BCUT2D eigenvalue weighted by Crippen LogP contribution is 2.12. The predicted molar refractivity (Wildman–Crippen MR) is 37.8 cm³/mol. The van der Waals surface area contributed by atoms with Gasteiger partial charge in [0.1, 0.15) is 0 Å². The third-order valence-corrected chi connectivity index (χ3v) is 1.67. The molecule has 0 saturated carbocycles. The monoisotopic (exact) mass is 144 g/mol. The van der Waals surface area contributed by atoms with E-state index in [4.69, 9.17) is 4.74 Å². The Balaban J connectivity index is 2.20. The van der Waals surface area contributed by atoms with Crippen LogP contribution < -0.4 is 0 Å². The summed E-state index contributed by atoms with van der Waals surface area (Å²) in [5, 5.41) is 0. The summed E-state index contributed by atoms with van der Waals surface area (Å²) < 4.78 is 6.32. The van der Waals surface area contributed by atoms with Crippen molar-refractivity contribution < 1.29 is 9.50 Å². The van der Waals surface area contributed by atoms with Crippen LogP contribution in [0.4, 0.5) is 0 Å². The molecule has 3 nitrogen and oxygen atoms in total. The molecule has 0 radical (unpaired) electrons. The molecule has 0 aliphatic carbocycles. The van der Waals surface area contributed by atoms with Crippen molar-refractivity contribution in [3.05, 3.63) is 4.91 Å². The summed E-state index contributed by atoms with van der Waals surface area (Å²) in [6, 6.07) is 0. The molecular weight excluding hydrogens is 130 g/mol. The Morgan fingerprint density at radius 3 is 3.00 bits per heavy atom. The second kappa shape index (κ2) is 3.66. The van der Waals surface area contributed by atoms with Crippen LogP contribution in [0.2, 0.25) is 0 Å². The molecule has 1 heterocycles. The Morgan fingerprint density at radius 2 is 2.50 bits per heavy atom. The van der Waals surface area contributed by atoms with E-state index in [0.717, 1.165) is 24.0 Å². The second-order valence-corrected chi connectivity index (χ2v) is 2.61. The number of nitroso groups, excluding NO2 is 1. The molecule has 58 valence electrons. The first-order valence-corrected chi connectivity index (χ1v) is 3.90. The first-order chi connectivity index (χ1) is 4.84. The van der Waals surface area contributed by atoms with Crippen molar-refractivity contribution in [1.82, 2.24) is 0 Å². The number of hydrogen-bond acceptors (Lipinski definition) is 2. The van der Waals surface area contributed by atoms with Crippen LogP contribution >= 0.6 is 0 Å². The van der Waals surface area contributed by atoms with Gasteiger partial charge in [-0.25, -0.2) is 0 Å². The molecule has 1 saturated heterocycles. The lowest BCUT2D eigenvalue weighted by molar-refractivity contribution is -0.609. The van der Waals surface area contributed by atoms with Crippen LogP contribution in [-0.2, 0) is 4.74 Å². The molecule has 0 aromatic rings. The quantitative estimate of drug-likeness (QED) is 0.559. The van der Waals surface area contributed by atoms with Gasteiger partial charge in [0.05, 0.1) is 6.61 Å². The Hall–Kier alpha value is -0.440. The van der Waals surface area contributed by atoms with Gasteiger partial charge in [-0.3, -0.25) is 0 Å². The van der Waals surface area contributed by atoms with E-state index in [1.165, 1.54) is 0 Å². The highest BCUT2D eigenvalue weighted by Gasteiger charge is 2.31. The molecule has 1 rings (SSSR count). The summed E-state index contributed by atoms with van der Waals surface area (Å²) in [7, 11) is 0. The summed E-state index contributed by atoms with van der Waals surface area (Å²) >= 11 is 0. The normalized spacial score (nSPS) is 25.7. The fourth-order valence-corrected chi connectivity index (χ4v) is 1.13. The molecule has 1 fully saturated rings. The molecule has 0 spiro atoms. The van der Waals surface area contributed by atoms with Gasteiger partial charge in [-0.05, 0) is 6.42 Å². The molecule has 1 atom stereocenters. The lowest BCUT2D eigenvalue weighted by Gasteiger charge is -2.00. The summed E-state index contributed by atoms with van der Waals surface area (Å²) in [4.78, 5) is 10.9. The van der Waals surface area contributed by atoms with E-state index in [0.29, 0.717) is 13.2 Å². The molecule has 0 amide bonds. The van der Waals surface area contributed by atoms with Crippen molar-refractivity contribution in [2.45, 2.75) is 32.4 Å². The summed E-state index contributed by atoms with van der Waals surface area (Å²) in [6.45, 7) is 3.40. The predicted octanol–water partition coefficient (Wildman–Crippen LogP) is 1.31. The number of ether oxygens (including phenoxy) is 1. The zero-order chi connectivity index (χ0) is 7.40. The maximum Gasteiger partial charge on any atom is 0.305 e. The van der Waals surface area contributed by atoms with E-state index in [2.05, 4.69) is 0 Å². The zero-order valence-electron chi connectivity index (χ0n) is 6.38. The Morgan fingerprint density at radius 1 is 1.70 bits per heavy atom. The minimum atomic E-state index is -0.139. The summed E-state index contributed by atoms with van der Waals surface area (Å²) in [6.07, 6.45) is 2.74. The lowest BCUT2D eigenvalue weighted by atomic mass is 10.4. The van der Waals surface area contributed by atoms with Crippen molar-refractivity contribution in [2.75, 3.05) is 13.2 Å². The lowest BCUT2D eigenvalue weighted by Crippen LogP contribution is -2.20. The largest absolute Gasteiger partial charge is 0.318 e. The van der Waals surface area contributed by atoms with Crippen molar-refractivity contribution in [3.63, 3.8) is 0 Å². The van der Waals surface area contributed by atoms with Gasteiger partial charge in [0.2, 0.25) is 0 Å². The molecule has 1 aliphatic rings. The zero-order valence-corrected chi connectivity index (χ0v) is 6.38. The Kier molecular flexibility index (Phi) is 2.81. The highest BCUT2D eigenvalue weighted by molar-refractivity contribution is 4.51. The van der Waals surface area contributed by atoms with Gasteiger partial charge in [0.25, 0.3) is 0 Å². The number of rotatable bonds is 3. The van der Waals surface area contributed by atoms with Gasteiger partial charge in [-0.1, -0.05) is 6.92 Å². The van der Waals surface area contributed by atoms with E-state index in [1.807, 2.05) is 6.92 Å². The molecule has 1 unspecified atom stereocenters. The van der Waals surface area contributed by atoms with E-state index in [1.54, 1.807) is 0 Å². The van der Waals surface area contributed by atoms with Crippen molar-refractivity contribution >= 4 is 0 Å². The fraction of sp³-hybridized carbons (Fsp3) is 1.00. The maximum atomic E-state index is 10.9. The third-order valence-electron chi connectivity index (χ3n) is 1.67. The SMILES string of the molecule is CCCOC1CCC[N+]1=O. The molecule has 0 aromatic carbocycles. The summed E-state index contributed by atoms with van der Waals surface area (Å²) in [5.74, 6) is 0. The van der Waals surface area contributed by atoms with Gasteiger partial charge in [-0.15, -0.1) is 0 Å². The molecule has 10 heavy (non-hydrogen) atoms. The molecule has 0 aromatic heterocycles. The van der Waals surface area contributed by atoms with Gasteiger partial charge in [-0.2, -0.15) is 0 Å². The smallest absolute Gasteiger partial charge is 0.305 e. The van der Waals surface area contributed by atoms with Crippen LogP contribution in [0.25, 0.3) is 0 Å². The van der Waals surface area contributed by atoms with E-state index >= 15 is 0 Å². The number of hydrogen-bond donors (Lipinski definition) is 0. The first-order valence-electron chi connectivity index (χ1n) is 3.90. The first kappa shape index (κ1) is 7.66. The molecule has 0 bridgehead atoms. The van der Waals surface area contributed by atoms with Crippen LogP contribution in [0.15, 0.2) is 0 Å². The number of nitrogens with zero attached hydrogens (tertiary/aromatic N) is 1. The van der Waals surface area contributed by atoms with Crippen LogP contribution in [0.1, 0.15) is 26.2 Å². The van der Waals surface area contributed by atoms with Crippen LogP contribution in [-0.4, -0.2) is 24.1 Å². The minimum Gasteiger partial charge on any atom is -0.318 e. The maximum absolute atomic E-state index is 10.9. The van der Waals surface area contributed by atoms with Crippen molar-refractivity contribution in [1.29, 1.82) is 0 Å². The van der Waals surface area contributed by atoms with Gasteiger partial charge in [0, 0.05) is 22.5 Å². The fourth-order valence-electron chi connectivity index (χ4n) is 1.13. The summed E-state index contributed by atoms with van der Waals surface area (Å²) in [5.41, 5.74) is 0. The van der Waals surface area contributed by atoms with Gasteiger partial charge < -0.3 is 4.74 Å². The molecular formula is C7H14NO2+.